The average Bonchev–Trinajstić information content (AvgIpc) is 2.22. The number of hydrogen-bond acceptors (Lipinski definition) is 4. The molecule has 0 saturated carbocycles. The van der Waals surface area contributed by atoms with Gasteiger partial charge in [0.2, 0.25) is 5.95 Å². The number of hydrogen-bond donors (Lipinski definition) is 1. The van der Waals surface area contributed by atoms with Crippen LogP contribution in [0.4, 0.5) is 10.2 Å². The summed E-state index contributed by atoms with van der Waals surface area (Å²) < 4.78 is 12.9. The van der Waals surface area contributed by atoms with Crippen LogP contribution >= 0.6 is 0 Å². The van der Waals surface area contributed by atoms with Crippen LogP contribution in [0.15, 0.2) is 12.4 Å². The molecule has 2 atom stereocenters. The van der Waals surface area contributed by atoms with Crippen LogP contribution in [0.1, 0.15) is 13.3 Å². The van der Waals surface area contributed by atoms with Crippen molar-refractivity contribution in [3.8, 4) is 0 Å². The Bertz CT molecular complexity index is 358. The van der Waals surface area contributed by atoms with Gasteiger partial charge >= 0.3 is 0 Å². The molecular weight excluding hydrogens is 207 g/mol. The first-order valence-electron chi connectivity index (χ1n) is 5.58. The molecule has 88 valence electrons. The highest BCUT2D eigenvalue weighted by molar-refractivity contribution is 5.34. The minimum absolute atomic E-state index is 0.366. The summed E-state index contributed by atoms with van der Waals surface area (Å²) >= 11 is 0. The van der Waals surface area contributed by atoms with Gasteiger partial charge in [0.25, 0.3) is 0 Å². The van der Waals surface area contributed by atoms with Crippen molar-refractivity contribution < 1.29 is 4.39 Å². The van der Waals surface area contributed by atoms with E-state index in [-0.39, 0.29) is 0 Å². The molecule has 1 aromatic rings. The zero-order chi connectivity index (χ0) is 11.5. The molecule has 2 rings (SSSR count). The molecule has 1 aliphatic heterocycles. The number of rotatable bonds is 2. The Labute approximate surface area is 94.9 Å². The molecule has 0 radical (unpaired) electrons. The van der Waals surface area contributed by atoms with Gasteiger partial charge in [-0.15, -0.1) is 0 Å². The first-order valence-corrected chi connectivity index (χ1v) is 5.58. The first-order chi connectivity index (χ1) is 7.65. The molecular formula is C11H17FN4. The number of piperidine rings is 1. The fraction of sp³-hybridized carbons (Fsp3) is 0.636. The summed E-state index contributed by atoms with van der Waals surface area (Å²) in [6.45, 7) is 4.33. The van der Waals surface area contributed by atoms with Crippen LogP contribution in [-0.4, -0.2) is 41.0 Å². The van der Waals surface area contributed by atoms with Gasteiger partial charge in [-0.25, -0.2) is 9.97 Å². The van der Waals surface area contributed by atoms with E-state index in [9.17, 15) is 4.39 Å². The molecule has 1 N–H and O–H groups in total. The largest absolute Gasteiger partial charge is 0.367 e. The van der Waals surface area contributed by atoms with Crippen molar-refractivity contribution in [1.29, 1.82) is 0 Å². The normalized spacial score (nSPS) is 26.7. The van der Waals surface area contributed by atoms with E-state index in [1.54, 1.807) is 0 Å². The molecule has 0 aromatic carbocycles. The van der Waals surface area contributed by atoms with E-state index < -0.39 is 5.95 Å². The summed E-state index contributed by atoms with van der Waals surface area (Å²) in [6.07, 6.45) is 2.31. The molecule has 5 heteroatoms. The number of halogens is 1. The molecule has 0 bridgehead atoms. The van der Waals surface area contributed by atoms with Crippen LogP contribution < -0.4 is 5.32 Å². The highest BCUT2D eigenvalue weighted by atomic mass is 19.1. The molecule has 1 fully saturated rings. The lowest BCUT2D eigenvalue weighted by atomic mass is 9.94. The van der Waals surface area contributed by atoms with Gasteiger partial charge in [-0.05, 0) is 25.9 Å². The fourth-order valence-corrected chi connectivity index (χ4v) is 2.17. The van der Waals surface area contributed by atoms with E-state index in [1.165, 1.54) is 12.4 Å². The number of anilines is 1. The van der Waals surface area contributed by atoms with Gasteiger partial charge in [-0.1, -0.05) is 6.92 Å². The van der Waals surface area contributed by atoms with Gasteiger partial charge in [0.1, 0.15) is 12.1 Å². The molecule has 1 aliphatic rings. The Morgan fingerprint density at radius 3 is 3.00 bits per heavy atom. The quantitative estimate of drug-likeness (QED) is 0.770. The minimum atomic E-state index is -0.488. The van der Waals surface area contributed by atoms with Crippen LogP contribution in [0.2, 0.25) is 0 Å². The lowest BCUT2D eigenvalue weighted by Gasteiger charge is -2.35. The van der Waals surface area contributed by atoms with Gasteiger partial charge < -0.3 is 10.2 Å². The highest BCUT2D eigenvalue weighted by Crippen LogP contribution is 2.19. The second-order valence-corrected chi connectivity index (χ2v) is 4.51. The third-order valence-corrected chi connectivity index (χ3v) is 3.08. The van der Waals surface area contributed by atoms with Crippen LogP contribution in [0, 0.1) is 11.9 Å². The smallest absolute Gasteiger partial charge is 0.217 e. The summed E-state index contributed by atoms with van der Waals surface area (Å²) in [5.74, 6) is 0.628. The minimum Gasteiger partial charge on any atom is -0.367 e. The van der Waals surface area contributed by atoms with Crippen LogP contribution in [0.25, 0.3) is 0 Å². The van der Waals surface area contributed by atoms with Gasteiger partial charge in [0, 0.05) is 18.7 Å². The molecule has 1 aromatic heterocycles. The SMILES string of the molecule is CC1CN(C)CCC1Nc1cc(F)ncn1. The molecule has 0 amide bonds. The molecule has 2 unspecified atom stereocenters. The maximum absolute atomic E-state index is 12.9. The number of nitrogens with zero attached hydrogens (tertiary/aromatic N) is 3. The predicted octanol–water partition coefficient (Wildman–Crippen LogP) is 1.37. The molecule has 0 spiro atoms. The zero-order valence-electron chi connectivity index (χ0n) is 9.65. The zero-order valence-corrected chi connectivity index (χ0v) is 9.65. The van der Waals surface area contributed by atoms with E-state index in [4.69, 9.17) is 0 Å². The maximum atomic E-state index is 12.9. The molecule has 1 saturated heterocycles. The topological polar surface area (TPSA) is 41.0 Å². The lowest BCUT2D eigenvalue weighted by molar-refractivity contribution is 0.206. The Morgan fingerprint density at radius 1 is 1.50 bits per heavy atom. The highest BCUT2D eigenvalue weighted by Gasteiger charge is 2.24. The number of nitrogens with one attached hydrogen (secondary N) is 1. The summed E-state index contributed by atoms with van der Waals surface area (Å²) in [4.78, 5) is 9.76. The number of likely N-dealkylation sites (tertiary alicyclic amines) is 1. The molecule has 16 heavy (non-hydrogen) atoms. The predicted molar refractivity (Wildman–Crippen MR) is 60.7 cm³/mol. The number of aromatic nitrogens is 2. The van der Waals surface area contributed by atoms with Crippen LogP contribution in [0.5, 0.6) is 0 Å². The second-order valence-electron chi connectivity index (χ2n) is 4.51. The summed E-state index contributed by atoms with van der Waals surface area (Å²) in [5.41, 5.74) is 0. The molecule has 0 aliphatic carbocycles. The standard InChI is InChI=1S/C11H17FN4/c1-8-6-16(2)4-3-9(8)15-11-5-10(12)13-7-14-11/h5,7-9H,3-4,6H2,1-2H3,(H,13,14,15). The Balaban J connectivity index is 1.99. The third kappa shape index (κ3) is 2.66. The van der Waals surface area contributed by atoms with Crippen molar-refractivity contribution in [3.05, 3.63) is 18.3 Å². The average molecular weight is 224 g/mol. The summed E-state index contributed by atoms with van der Waals surface area (Å²) in [5, 5.41) is 3.27. The fourth-order valence-electron chi connectivity index (χ4n) is 2.17. The Hall–Kier alpha value is -1.23. The van der Waals surface area contributed by atoms with E-state index in [0.717, 1.165) is 19.5 Å². The van der Waals surface area contributed by atoms with E-state index in [0.29, 0.717) is 17.8 Å². The Kier molecular flexibility index (Phi) is 3.33. The van der Waals surface area contributed by atoms with Crippen molar-refractivity contribution in [2.45, 2.75) is 19.4 Å². The first kappa shape index (κ1) is 11.3. The van der Waals surface area contributed by atoms with Gasteiger partial charge in [-0.2, -0.15) is 4.39 Å². The third-order valence-electron chi connectivity index (χ3n) is 3.08. The van der Waals surface area contributed by atoms with Crippen molar-refractivity contribution >= 4 is 5.82 Å². The lowest BCUT2D eigenvalue weighted by Crippen LogP contribution is -2.43. The maximum Gasteiger partial charge on any atom is 0.217 e. The molecule has 2 heterocycles. The molecule has 4 nitrogen and oxygen atoms in total. The summed E-state index contributed by atoms with van der Waals surface area (Å²) in [7, 11) is 2.12. The van der Waals surface area contributed by atoms with E-state index in [1.807, 2.05) is 0 Å². The van der Waals surface area contributed by atoms with Crippen molar-refractivity contribution in [2.24, 2.45) is 5.92 Å². The van der Waals surface area contributed by atoms with Crippen molar-refractivity contribution in [3.63, 3.8) is 0 Å². The summed E-state index contributed by atoms with van der Waals surface area (Å²) in [6, 6.07) is 1.70. The van der Waals surface area contributed by atoms with Crippen LogP contribution in [-0.2, 0) is 0 Å². The second kappa shape index (κ2) is 4.74. The van der Waals surface area contributed by atoms with E-state index in [2.05, 4.69) is 34.2 Å². The van der Waals surface area contributed by atoms with Crippen LogP contribution in [0.3, 0.4) is 0 Å². The Morgan fingerprint density at radius 2 is 2.31 bits per heavy atom. The van der Waals surface area contributed by atoms with E-state index >= 15 is 0 Å². The van der Waals surface area contributed by atoms with Gasteiger partial charge in [0.05, 0.1) is 0 Å². The monoisotopic (exact) mass is 224 g/mol. The van der Waals surface area contributed by atoms with Gasteiger partial charge in [0.15, 0.2) is 0 Å². The van der Waals surface area contributed by atoms with Crippen molar-refractivity contribution in [1.82, 2.24) is 14.9 Å². The van der Waals surface area contributed by atoms with Gasteiger partial charge in [-0.3, -0.25) is 0 Å². The van der Waals surface area contributed by atoms with Crippen molar-refractivity contribution in [2.75, 3.05) is 25.5 Å².